The van der Waals surface area contributed by atoms with Gasteiger partial charge in [-0.15, -0.1) is 0 Å². The maximum Gasteiger partial charge on any atom is 0.444 e. The Balaban J connectivity index is 3.10. The van der Waals surface area contributed by atoms with Gasteiger partial charge in [0.2, 0.25) is 5.17 Å². The Morgan fingerprint density at radius 2 is 1.65 bits per heavy atom. The van der Waals surface area contributed by atoms with Gasteiger partial charge in [0.1, 0.15) is 0 Å². The average Bonchev–Trinajstić information content (AvgIpc) is 2.15. The van der Waals surface area contributed by atoms with Crippen molar-refractivity contribution >= 4 is 22.5 Å². The summed E-state index contributed by atoms with van der Waals surface area (Å²) in [7, 11) is 0. The molecule has 0 fully saturated rings. The van der Waals surface area contributed by atoms with Gasteiger partial charge in [0.25, 0.3) is 0 Å². The Kier molecular flexibility index (Phi) is 3.71. The van der Waals surface area contributed by atoms with E-state index in [4.69, 9.17) is 11.6 Å². The maximum absolute atomic E-state index is 12.2. The van der Waals surface area contributed by atoms with Gasteiger partial charge < -0.3 is 0 Å². The van der Waals surface area contributed by atoms with Crippen molar-refractivity contribution in [1.29, 1.82) is 0 Å². The Hall–Kier alpha value is -1.24. The van der Waals surface area contributed by atoms with E-state index >= 15 is 0 Å². The third-order valence-electron chi connectivity index (χ3n) is 1.63. The van der Waals surface area contributed by atoms with Crippen LogP contribution < -0.4 is 0 Å². The van der Waals surface area contributed by atoms with Crippen LogP contribution in [0.4, 0.5) is 32.0 Å². The molecule has 0 aliphatic carbocycles. The van der Waals surface area contributed by atoms with E-state index in [1.54, 1.807) is 0 Å². The van der Waals surface area contributed by atoms with Gasteiger partial charge in [-0.05, 0) is 18.2 Å². The van der Waals surface area contributed by atoms with Crippen molar-refractivity contribution in [3.63, 3.8) is 0 Å². The van der Waals surface area contributed by atoms with E-state index in [0.29, 0.717) is 6.07 Å². The van der Waals surface area contributed by atoms with Crippen LogP contribution in [-0.4, -0.2) is 11.3 Å². The molecular formula is C9H4ClF6N. The van der Waals surface area contributed by atoms with Crippen LogP contribution in [0, 0.1) is 0 Å². The molecule has 0 aliphatic rings. The summed E-state index contributed by atoms with van der Waals surface area (Å²) >= 11 is 4.80. The van der Waals surface area contributed by atoms with Crippen LogP contribution in [0.1, 0.15) is 5.56 Å². The van der Waals surface area contributed by atoms with Crippen molar-refractivity contribution < 1.29 is 26.3 Å². The molecule has 1 aromatic carbocycles. The Morgan fingerprint density at radius 3 is 2.12 bits per heavy atom. The lowest BCUT2D eigenvalue weighted by atomic mass is 10.2. The molecule has 1 rings (SSSR count). The number of alkyl halides is 6. The van der Waals surface area contributed by atoms with Gasteiger partial charge in [-0.1, -0.05) is 17.7 Å². The van der Waals surface area contributed by atoms with Crippen molar-refractivity contribution in [1.82, 2.24) is 0 Å². The third-order valence-corrected chi connectivity index (χ3v) is 1.93. The van der Waals surface area contributed by atoms with E-state index in [0.717, 1.165) is 18.2 Å². The molecule has 8 heteroatoms. The second-order valence-corrected chi connectivity index (χ2v) is 3.31. The molecule has 0 spiro atoms. The molecule has 0 bridgehead atoms. The second kappa shape index (κ2) is 4.56. The highest BCUT2D eigenvalue weighted by molar-refractivity contribution is 6.67. The number of benzene rings is 1. The van der Waals surface area contributed by atoms with Crippen molar-refractivity contribution in [2.24, 2.45) is 4.99 Å². The quantitative estimate of drug-likeness (QED) is 0.527. The normalized spacial score (nSPS) is 13.9. The van der Waals surface area contributed by atoms with E-state index in [2.05, 4.69) is 4.99 Å². The van der Waals surface area contributed by atoms with Crippen LogP contribution in [0.15, 0.2) is 29.3 Å². The van der Waals surface area contributed by atoms with Crippen molar-refractivity contribution in [3.05, 3.63) is 29.8 Å². The molecule has 0 amide bonds. The van der Waals surface area contributed by atoms with Crippen LogP contribution >= 0.6 is 11.6 Å². The minimum absolute atomic E-state index is 0.480. The molecule has 94 valence electrons. The fraction of sp³-hybridized carbons (Fsp3) is 0.222. The van der Waals surface area contributed by atoms with Crippen LogP contribution in [0.5, 0.6) is 0 Å². The van der Waals surface area contributed by atoms with Crippen molar-refractivity contribution in [2.45, 2.75) is 12.4 Å². The monoisotopic (exact) mass is 275 g/mol. The number of aliphatic imine (C=N–C) groups is 1. The predicted octanol–water partition coefficient (Wildman–Crippen LogP) is 4.54. The summed E-state index contributed by atoms with van der Waals surface area (Å²) in [6.07, 6.45) is -9.52. The first-order chi connectivity index (χ1) is 7.60. The van der Waals surface area contributed by atoms with Gasteiger partial charge in [-0.2, -0.15) is 26.3 Å². The Bertz CT molecular complexity index is 434. The van der Waals surface area contributed by atoms with E-state index in [9.17, 15) is 26.3 Å². The summed E-state index contributed by atoms with van der Waals surface area (Å²) in [5.74, 6) is 0. The predicted molar refractivity (Wildman–Crippen MR) is 50.4 cm³/mol. The second-order valence-electron chi connectivity index (χ2n) is 2.95. The van der Waals surface area contributed by atoms with Crippen LogP contribution in [-0.2, 0) is 6.18 Å². The first-order valence-corrected chi connectivity index (χ1v) is 4.47. The summed E-state index contributed by atoms with van der Waals surface area (Å²) < 4.78 is 72.7. The molecule has 0 heterocycles. The smallest absolute Gasteiger partial charge is 0.232 e. The van der Waals surface area contributed by atoms with Crippen LogP contribution in [0.25, 0.3) is 0 Å². The molecule has 0 unspecified atom stereocenters. The molecule has 17 heavy (non-hydrogen) atoms. The molecule has 1 nitrogen and oxygen atoms in total. The number of rotatable bonds is 1. The highest BCUT2D eigenvalue weighted by Crippen LogP contribution is 2.32. The summed E-state index contributed by atoms with van der Waals surface area (Å²) in [4.78, 5) is 2.86. The molecule has 0 saturated carbocycles. The van der Waals surface area contributed by atoms with E-state index in [-0.39, 0.29) is 0 Å². The Morgan fingerprint density at radius 1 is 1.06 bits per heavy atom. The summed E-state index contributed by atoms with van der Waals surface area (Å²) in [6, 6.07) is 3.14. The minimum Gasteiger partial charge on any atom is -0.232 e. The van der Waals surface area contributed by atoms with Gasteiger partial charge in [0.05, 0.1) is 11.3 Å². The van der Waals surface area contributed by atoms with Crippen LogP contribution in [0.2, 0.25) is 0 Å². The molecule has 1 aromatic rings. The zero-order chi connectivity index (χ0) is 13.3. The molecular weight excluding hydrogens is 272 g/mol. The lowest BCUT2D eigenvalue weighted by Gasteiger charge is -2.07. The summed E-state index contributed by atoms with van der Waals surface area (Å²) in [5, 5.41) is -1.73. The standard InChI is InChI=1S/C9H4ClF6N/c10-7(9(14,15)16)17-6-3-1-2-5(4-6)8(11,12)13/h1-4H. The first-order valence-electron chi connectivity index (χ1n) is 4.09. The van der Waals surface area contributed by atoms with Gasteiger partial charge in [0.15, 0.2) is 0 Å². The number of hydrogen-bond donors (Lipinski definition) is 0. The van der Waals surface area contributed by atoms with Gasteiger partial charge in [0, 0.05) is 0 Å². The molecule has 0 aliphatic heterocycles. The third kappa shape index (κ3) is 3.92. The fourth-order valence-electron chi connectivity index (χ4n) is 0.929. The summed E-state index contributed by atoms with van der Waals surface area (Å²) in [5.41, 5.74) is -1.60. The van der Waals surface area contributed by atoms with Crippen LogP contribution in [0.3, 0.4) is 0 Å². The van der Waals surface area contributed by atoms with Gasteiger partial charge in [-0.3, -0.25) is 0 Å². The molecule has 0 atom stereocenters. The minimum atomic E-state index is -4.88. The van der Waals surface area contributed by atoms with E-state index in [1.807, 2.05) is 0 Å². The Labute approximate surface area is 96.7 Å². The highest BCUT2D eigenvalue weighted by Gasteiger charge is 2.35. The SMILES string of the molecule is FC(F)(F)C(Cl)=Nc1cccc(C(F)(F)F)c1. The first kappa shape index (κ1) is 13.8. The van der Waals surface area contributed by atoms with E-state index in [1.165, 1.54) is 0 Å². The van der Waals surface area contributed by atoms with Gasteiger partial charge >= 0.3 is 12.4 Å². The zero-order valence-electron chi connectivity index (χ0n) is 7.90. The topological polar surface area (TPSA) is 12.4 Å². The fourth-order valence-corrected chi connectivity index (χ4v) is 1.03. The van der Waals surface area contributed by atoms with Crippen molar-refractivity contribution in [3.8, 4) is 0 Å². The largest absolute Gasteiger partial charge is 0.444 e. The average molecular weight is 276 g/mol. The molecule has 0 N–H and O–H groups in total. The summed E-state index contributed by atoms with van der Waals surface area (Å²) in [6.45, 7) is 0. The highest BCUT2D eigenvalue weighted by atomic mass is 35.5. The number of hydrogen-bond acceptors (Lipinski definition) is 1. The molecule has 0 radical (unpaired) electrons. The lowest BCUT2D eigenvalue weighted by Crippen LogP contribution is -2.16. The molecule has 0 aromatic heterocycles. The van der Waals surface area contributed by atoms with Crippen molar-refractivity contribution in [2.75, 3.05) is 0 Å². The van der Waals surface area contributed by atoms with Gasteiger partial charge in [-0.25, -0.2) is 4.99 Å². The lowest BCUT2D eigenvalue weighted by molar-refractivity contribution is -0.137. The maximum atomic E-state index is 12.2. The number of halogens is 7. The zero-order valence-corrected chi connectivity index (χ0v) is 8.66. The number of nitrogens with zero attached hydrogens (tertiary/aromatic N) is 1. The molecule has 0 saturated heterocycles. The van der Waals surface area contributed by atoms with E-state index < -0.39 is 28.8 Å².